The summed E-state index contributed by atoms with van der Waals surface area (Å²) in [5.41, 5.74) is 0. The Morgan fingerprint density at radius 2 is 1.82 bits per heavy atom. The highest BCUT2D eigenvalue weighted by molar-refractivity contribution is 4.63. The number of nitrogens with zero attached hydrogens (tertiary/aromatic N) is 1. The Hall–Kier alpha value is -0.340. The molecule has 2 nitrogen and oxygen atoms in total. The molecule has 0 aliphatic rings. The lowest BCUT2D eigenvalue weighted by atomic mass is 10.4. The van der Waals surface area contributed by atoms with Crippen LogP contribution in [0, 0.1) is 0 Å². The Morgan fingerprint density at radius 3 is 2.18 bits per heavy atom. The van der Waals surface area contributed by atoms with Crippen LogP contribution in [-0.4, -0.2) is 24.8 Å². The van der Waals surface area contributed by atoms with Gasteiger partial charge in [-0.05, 0) is 12.8 Å². The first-order valence-corrected chi connectivity index (χ1v) is 4.33. The van der Waals surface area contributed by atoms with Gasteiger partial charge in [0, 0.05) is 13.1 Å². The highest BCUT2D eigenvalue weighted by Crippen LogP contribution is 1.94. The van der Waals surface area contributed by atoms with Crippen molar-refractivity contribution in [3.8, 4) is 0 Å². The van der Waals surface area contributed by atoms with E-state index >= 15 is 0 Å². The Bertz CT molecular complexity index is 87.6. The first kappa shape index (κ1) is 10.7. The van der Waals surface area contributed by atoms with E-state index < -0.39 is 0 Å². The van der Waals surface area contributed by atoms with E-state index in [4.69, 9.17) is 4.84 Å². The fourth-order valence-electron chi connectivity index (χ4n) is 0.898. The van der Waals surface area contributed by atoms with Gasteiger partial charge in [-0.15, -0.1) is 6.58 Å². The van der Waals surface area contributed by atoms with Gasteiger partial charge in [-0.1, -0.05) is 19.9 Å². The minimum atomic E-state index is 0.625. The molecule has 0 aromatic rings. The van der Waals surface area contributed by atoms with Gasteiger partial charge in [0.2, 0.25) is 0 Å². The highest BCUT2D eigenvalue weighted by Gasteiger charge is 1.99. The van der Waals surface area contributed by atoms with Crippen molar-refractivity contribution >= 4 is 0 Å². The zero-order chi connectivity index (χ0) is 8.53. The molecule has 0 fully saturated rings. The van der Waals surface area contributed by atoms with E-state index in [1.165, 1.54) is 0 Å². The van der Waals surface area contributed by atoms with Crippen molar-refractivity contribution in [2.45, 2.75) is 26.7 Å². The zero-order valence-corrected chi connectivity index (χ0v) is 7.68. The van der Waals surface area contributed by atoms with Gasteiger partial charge in [0.05, 0.1) is 6.61 Å². The third kappa shape index (κ3) is 6.07. The summed E-state index contributed by atoms with van der Waals surface area (Å²) in [7, 11) is 0. The van der Waals surface area contributed by atoms with Crippen LogP contribution in [0.1, 0.15) is 26.7 Å². The lowest BCUT2D eigenvalue weighted by Gasteiger charge is -2.19. The molecule has 0 rings (SSSR count). The van der Waals surface area contributed by atoms with Crippen LogP contribution >= 0.6 is 0 Å². The molecule has 0 saturated heterocycles. The monoisotopic (exact) mass is 157 g/mol. The topological polar surface area (TPSA) is 12.5 Å². The number of rotatable bonds is 7. The second-order valence-corrected chi connectivity index (χ2v) is 2.51. The second kappa shape index (κ2) is 7.76. The Morgan fingerprint density at radius 1 is 1.27 bits per heavy atom. The normalized spacial score (nSPS) is 10.5. The van der Waals surface area contributed by atoms with Crippen LogP contribution < -0.4 is 0 Å². The minimum Gasteiger partial charge on any atom is -0.295 e. The van der Waals surface area contributed by atoms with Gasteiger partial charge in [0.15, 0.2) is 0 Å². The molecule has 0 aliphatic heterocycles. The van der Waals surface area contributed by atoms with E-state index in [0.717, 1.165) is 25.9 Å². The Balaban J connectivity index is 3.41. The molecule has 0 radical (unpaired) electrons. The lowest BCUT2D eigenvalue weighted by Crippen LogP contribution is -2.25. The summed E-state index contributed by atoms with van der Waals surface area (Å²) in [6.45, 7) is 10.6. The maximum absolute atomic E-state index is 5.39. The van der Waals surface area contributed by atoms with Gasteiger partial charge in [-0.2, -0.15) is 5.06 Å². The zero-order valence-electron chi connectivity index (χ0n) is 7.68. The minimum absolute atomic E-state index is 0.625. The van der Waals surface area contributed by atoms with Crippen molar-refractivity contribution in [2.75, 3.05) is 19.7 Å². The third-order valence-electron chi connectivity index (χ3n) is 1.32. The molecule has 0 aromatic heterocycles. The van der Waals surface area contributed by atoms with Crippen molar-refractivity contribution in [2.24, 2.45) is 0 Å². The molecule has 0 spiro atoms. The molecule has 66 valence electrons. The summed E-state index contributed by atoms with van der Waals surface area (Å²) < 4.78 is 0. The third-order valence-corrected chi connectivity index (χ3v) is 1.32. The second-order valence-electron chi connectivity index (χ2n) is 2.51. The van der Waals surface area contributed by atoms with Gasteiger partial charge in [-0.25, -0.2) is 0 Å². The van der Waals surface area contributed by atoms with Crippen LogP contribution in [-0.2, 0) is 4.84 Å². The molecule has 0 atom stereocenters. The fourth-order valence-corrected chi connectivity index (χ4v) is 0.898. The number of hydrogen-bond acceptors (Lipinski definition) is 2. The largest absolute Gasteiger partial charge is 0.295 e. The standard InChI is InChI=1S/C9H19NO/c1-4-7-10(8-5-2)11-9-6-3/h6H,3-5,7-9H2,1-2H3. The van der Waals surface area contributed by atoms with Crippen LogP contribution in [0.3, 0.4) is 0 Å². The molecule has 0 saturated carbocycles. The van der Waals surface area contributed by atoms with Crippen molar-refractivity contribution in [1.82, 2.24) is 5.06 Å². The smallest absolute Gasteiger partial charge is 0.0864 e. The van der Waals surface area contributed by atoms with E-state index in [2.05, 4.69) is 20.4 Å². The fraction of sp³-hybridized carbons (Fsp3) is 0.778. The summed E-state index contributed by atoms with van der Waals surface area (Å²) >= 11 is 0. The van der Waals surface area contributed by atoms with Gasteiger partial charge in [0.25, 0.3) is 0 Å². The maximum Gasteiger partial charge on any atom is 0.0864 e. The van der Waals surface area contributed by atoms with Crippen LogP contribution in [0.2, 0.25) is 0 Å². The molecular formula is C9H19NO. The van der Waals surface area contributed by atoms with E-state index in [9.17, 15) is 0 Å². The molecule has 0 aromatic carbocycles. The van der Waals surface area contributed by atoms with E-state index in [1.807, 2.05) is 5.06 Å². The Kier molecular flexibility index (Phi) is 7.52. The summed E-state index contributed by atoms with van der Waals surface area (Å²) in [6, 6.07) is 0. The number of hydrogen-bond donors (Lipinski definition) is 0. The molecule has 0 unspecified atom stereocenters. The van der Waals surface area contributed by atoms with Crippen molar-refractivity contribution < 1.29 is 4.84 Å². The van der Waals surface area contributed by atoms with Crippen LogP contribution in [0.4, 0.5) is 0 Å². The summed E-state index contributed by atoms with van der Waals surface area (Å²) in [5.74, 6) is 0. The quantitative estimate of drug-likeness (QED) is 0.415. The molecular weight excluding hydrogens is 138 g/mol. The van der Waals surface area contributed by atoms with Crippen molar-refractivity contribution in [3.05, 3.63) is 12.7 Å². The molecule has 0 aliphatic carbocycles. The van der Waals surface area contributed by atoms with Crippen molar-refractivity contribution in [1.29, 1.82) is 0 Å². The van der Waals surface area contributed by atoms with E-state index in [0.29, 0.717) is 6.61 Å². The molecule has 0 heterocycles. The summed E-state index contributed by atoms with van der Waals surface area (Å²) in [5, 5.41) is 2.00. The predicted octanol–water partition coefficient (Wildman–Crippen LogP) is 2.23. The van der Waals surface area contributed by atoms with Crippen LogP contribution in [0.5, 0.6) is 0 Å². The molecule has 0 amide bonds. The average molecular weight is 157 g/mol. The molecule has 0 N–H and O–H groups in total. The summed E-state index contributed by atoms with van der Waals surface area (Å²) in [4.78, 5) is 5.39. The van der Waals surface area contributed by atoms with E-state index in [-0.39, 0.29) is 0 Å². The highest BCUT2D eigenvalue weighted by atomic mass is 16.7. The number of hydroxylamine groups is 2. The predicted molar refractivity (Wildman–Crippen MR) is 48.3 cm³/mol. The molecule has 0 bridgehead atoms. The van der Waals surface area contributed by atoms with Gasteiger partial charge < -0.3 is 0 Å². The Labute approximate surface area is 69.8 Å². The molecule has 2 heteroatoms. The van der Waals surface area contributed by atoms with E-state index in [1.54, 1.807) is 6.08 Å². The average Bonchev–Trinajstić information content (AvgIpc) is 2.01. The maximum atomic E-state index is 5.39. The molecule has 11 heavy (non-hydrogen) atoms. The lowest BCUT2D eigenvalue weighted by molar-refractivity contribution is -0.147. The summed E-state index contributed by atoms with van der Waals surface area (Å²) in [6.07, 6.45) is 4.05. The van der Waals surface area contributed by atoms with Crippen LogP contribution in [0.25, 0.3) is 0 Å². The van der Waals surface area contributed by atoms with Gasteiger partial charge >= 0.3 is 0 Å². The van der Waals surface area contributed by atoms with Crippen LogP contribution in [0.15, 0.2) is 12.7 Å². The van der Waals surface area contributed by atoms with Crippen molar-refractivity contribution in [3.63, 3.8) is 0 Å². The van der Waals surface area contributed by atoms with Gasteiger partial charge in [0.1, 0.15) is 0 Å². The first-order valence-electron chi connectivity index (χ1n) is 4.33. The van der Waals surface area contributed by atoms with Gasteiger partial charge in [-0.3, -0.25) is 4.84 Å². The SMILES string of the molecule is C=CCON(CCC)CCC. The first-order chi connectivity index (χ1) is 5.35.